The molecule has 6 nitrogen and oxygen atoms in total. The minimum absolute atomic E-state index is 0.0765. The maximum absolute atomic E-state index is 12.7. The summed E-state index contributed by atoms with van der Waals surface area (Å²) in [4.78, 5) is 37.7. The molecule has 9 heteroatoms. The first kappa shape index (κ1) is 25.6. The van der Waals surface area contributed by atoms with E-state index in [2.05, 4.69) is 10.6 Å². The maximum Gasteiger partial charge on any atom is 0.328 e. The molecule has 1 unspecified atom stereocenters. The highest BCUT2D eigenvalue weighted by molar-refractivity contribution is 6.39. The molecule has 0 bridgehead atoms. The Hall–Kier alpha value is -3.06. The number of hydrogen-bond acceptors (Lipinski definition) is 4. The second-order valence-electron chi connectivity index (χ2n) is 7.43. The molecule has 34 heavy (non-hydrogen) atoms. The van der Waals surface area contributed by atoms with Gasteiger partial charge in [-0.3, -0.25) is 9.59 Å². The molecule has 0 aliphatic rings. The average Bonchev–Trinajstić information content (AvgIpc) is 2.79. The zero-order chi connectivity index (χ0) is 24.8. The van der Waals surface area contributed by atoms with Crippen molar-refractivity contribution in [2.24, 2.45) is 0 Å². The molecule has 0 radical (unpaired) electrons. The number of anilines is 1. The molecule has 0 saturated carbocycles. The summed E-state index contributed by atoms with van der Waals surface area (Å²) in [6.45, 7) is 1.81. The van der Waals surface area contributed by atoms with Gasteiger partial charge in [-0.05, 0) is 48.4 Å². The number of halogens is 3. The van der Waals surface area contributed by atoms with Crippen LogP contribution in [0.4, 0.5) is 5.69 Å². The largest absolute Gasteiger partial charge is 0.467 e. The molecule has 0 saturated heterocycles. The second kappa shape index (κ2) is 11.4. The van der Waals surface area contributed by atoms with E-state index in [-0.39, 0.29) is 27.9 Å². The van der Waals surface area contributed by atoms with Gasteiger partial charge in [0.05, 0.1) is 33.3 Å². The first-order valence-corrected chi connectivity index (χ1v) is 11.3. The molecule has 0 heterocycles. The first-order valence-electron chi connectivity index (χ1n) is 10.2. The number of methoxy groups -OCH3 is 1. The lowest BCUT2D eigenvalue weighted by Crippen LogP contribution is -2.43. The Morgan fingerprint density at radius 2 is 1.38 bits per heavy atom. The van der Waals surface area contributed by atoms with Gasteiger partial charge in [0.15, 0.2) is 0 Å². The third-order valence-corrected chi connectivity index (χ3v) is 6.03. The number of carbonyl (C=O) groups excluding carboxylic acids is 3. The molecule has 0 spiro atoms. The van der Waals surface area contributed by atoms with Crippen LogP contribution in [-0.4, -0.2) is 30.9 Å². The zero-order valence-corrected chi connectivity index (χ0v) is 20.6. The molecule has 0 fully saturated rings. The third-order valence-electron chi connectivity index (χ3n) is 5.08. The SMILES string of the molecule is COC(=O)C(Cc1ccc(NC(=O)c2c(C)cccc2Cl)cc1)NC(=O)c1c(Cl)cccc1Cl. The van der Waals surface area contributed by atoms with Gasteiger partial charge in [-0.1, -0.05) is 65.1 Å². The predicted molar refractivity (Wildman–Crippen MR) is 134 cm³/mol. The summed E-state index contributed by atoms with van der Waals surface area (Å²) in [7, 11) is 1.24. The van der Waals surface area contributed by atoms with Gasteiger partial charge in [-0.2, -0.15) is 0 Å². The molecule has 3 aromatic rings. The molecule has 176 valence electrons. The van der Waals surface area contributed by atoms with Crippen molar-refractivity contribution >= 4 is 58.3 Å². The number of amides is 2. The number of esters is 1. The van der Waals surface area contributed by atoms with Gasteiger partial charge in [0.2, 0.25) is 0 Å². The van der Waals surface area contributed by atoms with Crippen molar-refractivity contribution in [1.29, 1.82) is 0 Å². The predicted octanol–water partition coefficient (Wildman–Crippen LogP) is 5.72. The van der Waals surface area contributed by atoms with E-state index in [0.29, 0.717) is 16.3 Å². The summed E-state index contributed by atoms with van der Waals surface area (Å²) in [5, 5.41) is 6.14. The normalized spacial score (nSPS) is 11.4. The molecule has 0 aromatic heterocycles. The number of carbonyl (C=O) groups is 3. The van der Waals surface area contributed by atoms with Gasteiger partial charge in [-0.15, -0.1) is 0 Å². The van der Waals surface area contributed by atoms with Crippen LogP contribution < -0.4 is 10.6 Å². The standard InChI is InChI=1S/C25H21Cl3N2O4/c1-14-5-3-6-17(26)21(14)23(31)29-16-11-9-15(10-12-16)13-20(25(33)34-2)30-24(32)22-18(27)7-4-8-19(22)28/h3-12,20H,13H2,1-2H3,(H,29,31)(H,30,32). The number of ether oxygens (including phenoxy) is 1. The topological polar surface area (TPSA) is 84.5 Å². The van der Waals surface area contributed by atoms with E-state index in [1.807, 2.05) is 0 Å². The highest BCUT2D eigenvalue weighted by atomic mass is 35.5. The van der Waals surface area contributed by atoms with Crippen LogP contribution in [0.25, 0.3) is 0 Å². The van der Waals surface area contributed by atoms with E-state index in [1.54, 1.807) is 55.5 Å². The highest BCUT2D eigenvalue weighted by Crippen LogP contribution is 2.25. The Morgan fingerprint density at radius 3 is 1.94 bits per heavy atom. The van der Waals surface area contributed by atoms with E-state index >= 15 is 0 Å². The Labute approximate surface area is 212 Å². The van der Waals surface area contributed by atoms with Crippen molar-refractivity contribution in [1.82, 2.24) is 5.32 Å². The Balaban J connectivity index is 1.72. The van der Waals surface area contributed by atoms with Gasteiger partial charge in [0, 0.05) is 12.1 Å². The van der Waals surface area contributed by atoms with Crippen LogP contribution in [0, 0.1) is 6.92 Å². The fourth-order valence-electron chi connectivity index (χ4n) is 3.35. The second-order valence-corrected chi connectivity index (χ2v) is 8.65. The fourth-order valence-corrected chi connectivity index (χ4v) is 4.23. The third kappa shape index (κ3) is 6.08. The Kier molecular flexibility index (Phi) is 8.56. The lowest BCUT2D eigenvalue weighted by molar-refractivity contribution is -0.142. The Morgan fingerprint density at radius 1 is 0.824 bits per heavy atom. The van der Waals surface area contributed by atoms with Gasteiger partial charge >= 0.3 is 5.97 Å². The smallest absolute Gasteiger partial charge is 0.328 e. The van der Waals surface area contributed by atoms with Crippen molar-refractivity contribution in [3.05, 3.63) is 98.0 Å². The summed E-state index contributed by atoms with van der Waals surface area (Å²) < 4.78 is 4.84. The van der Waals surface area contributed by atoms with Crippen LogP contribution in [0.3, 0.4) is 0 Å². The minimum atomic E-state index is -0.976. The molecule has 2 N–H and O–H groups in total. The summed E-state index contributed by atoms with van der Waals surface area (Å²) in [6, 6.07) is 15.8. The van der Waals surface area contributed by atoms with E-state index in [9.17, 15) is 14.4 Å². The zero-order valence-electron chi connectivity index (χ0n) is 18.3. The highest BCUT2D eigenvalue weighted by Gasteiger charge is 2.25. The number of nitrogens with one attached hydrogen (secondary N) is 2. The van der Waals surface area contributed by atoms with Crippen LogP contribution in [0.2, 0.25) is 15.1 Å². The maximum atomic E-state index is 12.7. The van der Waals surface area contributed by atoms with Crippen molar-refractivity contribution in [2.75, 3.05) is 12.4 Å². The van der Waals surface area contributed by atoms with Crippen LogP contribution in [0.1, 0.15) is 31.8 Å². The summed E-state index contributed by atoms with van der Waals surface area (Å²) in [6.07, 6.45) is 0.151. The van der Waals surface area contributed by atoms with Crippen molar-refractivity contribution in [3.63, 3.8) is 0 Å². The lowest BCUT2D eigenvalue weighted by Gasteiger charge is -2.18. The van der Waals surface area contributed by atoms with Crippen LogP contribution in [-0.2, 0) is 16.0 Å². The van der Waals surface area contributed by atoms with E-state index in [1.165, 1.54) is 19.2 Å². The Bertz CT molecular complexity index is 1190. The van der Waals surface area contributed by atoms with E-state index < -0.39 is 17.9 Å². The fraction of sp³-hybridized carbons (Fsp3) is 0.160. The molecule has 2 amide bonds. The minimum Gasteiger partial charge on any atom is -0.467 e. The van der Waals surface area contributed by atoms with Crippen LogP contribution >= 0.6 is 34.8 Å². The number of aryl methyl sites for hydroxylation is 1. The van der Waals surface area contributed by atoms with Crippen LogP contribution in [0.5, 0.6) is 0 Å². The molecule has 3 aromatic carbocycles. The molecular formula is C25H21Cl3N2O4. The van der Waals surface area contributed by atoms with Crippen molar-refractivity contribution in [2.45, 2.75) is 19.4 Å². The summed E-state index contributed by atoms with van der Waals surface area (Å²) in [5.74, 6) is -1.54. The van der Waals surface area contributed by atoms with Gasteiger partial charge < -0.3 is 15.4 Å². The summed E-state index contributed by atoms with van der Waals surface area (Å²) >= 11 is 18.4. The molecule has 1 atom stereocenters. The van der Waals surface area contributed by atoms with Crippen molar-refractivity contribution < 1.29 is 19.1 Å². The molecule has 3 rings (SSSR count). The van der Waals surface area contributed by atoms with E-state index in [0.717, 1.165) is 11.1 Å². The molecular weight excluding hydrogens is 499 g/mol. The molecule has 0 aliphatic carbocycles. The van der Waals surface area contributed by atoms with Crippen LogP contribution in [0.15, 0.2) is 60.7 Å². The number of hydrogen-bond donors (Lipinski definition) is 2. The molecule has 0 aliphatic heterocycles. The van der Waals surface area contributed by atoms with Crippen molar-refractivity contribution in [3.8, 4) is 0 Å². The first-order chi connectivity index (χ1) is 16.2. The van der Waals surface area contributed by atoms with Gasteiger partial charge in [0.1, 0.15) is 6.04 Å². The average molecular weight is 520 g/mol. The lowest BCUT2D eigenvalue weighted by atomic mass is 10.0. The quantitative estimate of drug-likeness (QED) is 0.391. The number of rotatable bonds is 7. The van der Waals surface area contributed by atoms with Gasteiger partial charge in [0.25, 0.3) is 11.8 Å². The summed E-state index contributed by atoms with van der Waals surface area (Å²) in [5.41, 5.74) is 2.52. The van der Waals surface area contributed by atoms with E-state index in [4.69, 9.17) is 39.5 Å². The monoisotopic (exact) mass is 518 g/mol. The number of benzene rings is 3. The van der Waals surface area contributed by atoms with Gasteiger partial charge in [-0.25, -0.2) is 4.79 Å².